The molecule has 1 aliphatic rings. The van der Waals surface area contributed by atoms with Gasteiger partial charge in [-0.1, -0.05) is 86.5 Å². The maximum atomic E-state index is 4.27. The van der Waals surface area contributed by atoms with Gasteiger partial charge in [-0.05, 0) is 52.8 Å². The molecule has 0 spiro atoms. The zero-order valence-corrected chi connectivity index (χ0v) is 17.6. The highest BCUT2D eigenvalue weighted by molar-refractivity contribution is 6.34. The van der Waals surface area contributed by atoms with E-state index in [0.717, 1.165) is 0 Å². The van der Waals surface area contributed by atoms with Crippen LogP contribution < -0.4 is 0 Å². The molecule has 0 N–H and O–H groups in total. The molecule has 148 valence electrons. The second-order valence-electron chi connectivity index (χ2n) is 8.76. The van der Waals surface area contributed by atoms with E-state index in [1.54, 1.807) is 0 Å². The van der Waals surface area contributed by atoms with E-state index in [0.29, 0.717) is 6.04 Å². The van der Waals surface area contributed by atoms with Gasteiger partial charge in [-0.2, -0.15) is 0 Å². The molecule has 1 saturated carbocycles. The molecule has 0 radical (unpaired) electrons. The second-order valence-corrected chi connectivity index (χ2v) is 8.76. The summed E-state index contributed by atoms with van der Waals surface area (Å²) >= 11 is 0. The molecule has 6 rings (SSSR count). The van der Waals surface area contributed by atoms with Gasteiger partial charge in [0.2, 0.25) is 0 Å². The molecule has 1 aliphatic carbocycles. The van der Waals surface area contributed by atoms with Crippen molar-refractivity contribution >= 4 is 55.4 Å². The fourth-order valence-electron chi connectivity index (χ4n) is 5.99. The van der Waals surface area contributed by atoms with Crippen LogP contribution in [-0.2, 0) is 0 Å². The first kappa shape index (κ1) is 17.8. The molecule has 5 aromatic rings. The highest BCUT2D eigenvalue weighted by Gasteiger charge is 2.26. The van der Waals surface area contributed by atoms with Crippen LogP contribution >= 0.6 is 0 Å². The number of hydrogen-bond donors (Lipinski definition) is 0. The molecule has 1 fully saturated rings. The third-order valence-corrected chi connectivity index (χ3v) is 7.16. The molecule has 1 heteroatoms. The van der Waals surface area contributed by atoms with Gasteiger partial charge in [0.15, 0.2) is 0 Å². The minimum absolute atomic E-state index is 0.555. The van der Waals surface area contributed by atoms with Crippen LogP contribution in [0.4, 0.5) is 0 Å². The lowest BCUT2D eigenvalue weighted by Crippen LogP contribution is -2.14. The Morgan fingerprint density at radius 3 is 2.17 bits per heavy atom. The van der Waals surface area contributed by atoms with E-state index in [1.807, 2.05) is 0 Å². The predicted molar refractivity (Wildman–Crippen MR) is 133 cm³/mol. The first-order chi connectivity index (χ1) is 14.8. The standard InChI is InChI=1S/C29H27N/c1-3-10-22-25(4-2)30(21-13-6-5-7-14-21)29-24-16-9-12-20-18-17-19-11-8-15-23(28(22)29)26(19)27(20)24/h3-4,8-12,15-18,21H,2,5-7,13-14H2,1H3/b10-3-. The number of benzene rings is 4. The first-order valence-electron chi connectivity index (χ1n) is 11.3. The Kier molecular flexibility index (Phi) is 3.99. The Morgan fingerprint density at radius 1 is 0.833 bits per heavy atom. The third kappa shape index (κ3) is 2.29. The molecule has 0 bridgehead atoms. The molecule has 0 saturated heterocycles. The average Bonchev–Trinajstić information content (AvgIpc) is 3.13. The summed E-state index contributed by atoms with van der Waals surface area (Å²) in [5.41, 5.74) is 4.01. The van der Waals surface area contributed by atoms with Gasteiger partial charge in [0.05, 0.1) is 5.52 Å². The molecule has 4 aromatic carbocycles. The molecule has 1 nitrogen and oxygen atoms in total. The van der Waals surface area contributed by atoms with Crippen molar-refractivity contribution in [1.82, 2.24) is 4.57 Å². The second kappa shape index (κ2) is 6.74. The van der Waals surface area contributed by atoms with Crippen molar-refractivity contribution < 1.29 is 0 Å². The van der Waals surface area contributed by atoms with Crippen LogP contribution in [0.5, 0.6) is 0 Å². The molecule has 1 heterocycles. The van der Waals surface area contributed by atoms with E-state index < -0.39 is 0 Å². The number of aromatic nitrogens is 1. The van der Waals surface area contributed by atoms with Crippen molar-refractivity contribution in [1.29, 1.82) is 0 Å². The van der Waals surface area contributed by atoms with E-state index >= 15 is 0 Å². The van der Waals surface area contributed by atoms with Crippen LogP contribution in [0.15, 0.2) is 61.2 Å². The largest absolute Gasteiger partial charge is 0.337 e. The number of rotatable bonds is 3. The van der Waals surface area contributed by atoms with Crippen molar-refractivity contribution in [2.45, 2.75) is 45.1 Å². The van der Waals surface area contributed by atoms with E-state index in [4.69, 9.17) is 0 Å². The first-order valence-corrected chi connectivity index (χ1v) is 11.3. The van der Waals surface area contributed by atoms with Crippen LogP contribution in [0.2, 0.25) is 0 Å². The van der Waals surface area contributed by atoms with E-state index in [-0.39, 0.29) is 0 Å². The fourth-order valence-corrected chi connectivity index (χ4v) is 5.99. The van der Waals surface area contributed by atoms with Crippen LogP contribution in [0.1, 0.15) is 56.3 Å². The zero-order chi connectivity index (χ0) is 20.2. The quantitative estimate of drug-likeness (QED) is 0.272. The monoisotopic (exact) mass is 389 g/mol. The fraction of sp³-hybridized carbons (Fsp3) is 0.241. The SMILES string of the molecule is C=Cc1c(/C=C\C)c2c3cccc4ccc5cccc(c5c43)c2n1C1CCCCC1. The lowest BCUT2D eigenvalue weighted by molar-refractivity contribution is 0.360. The lowest BCUT2D eigenvalue weighted by atomic mass is 9.90. The third-order valence-electron chi connectivity index (χ3n) is 7.16. The summed E-state index contributed by atoms with van der Waals surface area (Å²) in [5.74, 6) is 0. The summed E-state index contributed by atoms with van der Waals surface area (Å²) in [5, 5.41) is 9.63. The molecular weight excluding hydrogens is 362 g/mol. The Morgan fingerprint density at radius 2 is 1.50 bits per heavy atom. The molecule has 1 aromatic heterocycles. The Bertz CT molecular complexity index is 1440. The number of nitrogens with zero attached hydrogens (tertiary/aromatic N) is 1. The summed E-state index contributed by atoms with van der Waals surface area (Å²) in [6.07, 6.45) is 13.1. The number of fused-ring (bicyclic) bond motifs is 3. The summed E-state index contributed by atoms with van der Waals surface area (Å²) in [7, 11) is 0. The van der Waals surface area contributed by atoms with Gasteiger partial charge in [0.25, 0.3) is 0 Å². The Labute approximate surface area is 177 Å². The highest BCUT2D eigenvalue weighted by Crippen LogP contribution is 2.46. The molecule has 0 atom stereocenters. The molecule has 0 aliphatic heterocycles. The summed E-state index contributed by atoms with van der Waals surface area (Å²) in [4.78, 5) is 0. The normalized spacial score (nSPS) is 16.0. The molecular formula is C29H27N. The van der Waals surface area contributed by atoms with Crippen molar-refractivity contribution in [2.75, 3.05) is 0 Å². The summed E-state index contributed by atoms with van der Waals surface area (Å²) in [6, 6.07) is 18.7. The molecule has 0 amide bonds. The van der Waals surface area contributed by atoms with Gasteiger partial charge in [-0.25, -0.2) is 0 Å². The number of hydrogen-bond acceptors (Lipinski definition) is 0. The van der Waals surface area contributed by atoms with Crippen LogP contribution in [0.25, 0.3) is 55.4 Å². The smallest absolute Gasteiger partial charge is 0.0580 e. The minimum Gasteiger partial charge on any atom is -0.337 e. The predicted octanol–water partition coefficient (Wildman–Crippen LogP) is 8.72. The van der Waals surface area contributed by atoms with Gasteiger partial charge >= 0.3 is 0 Å². The lowest BCUT2D eigenvalue weighted by Gasteiger charge is -2.26. The van der Waals surface area contributed by atoms with E-state index in [2.05, 4.69) is 84.8 Å². The van der Waals surface area contributed by atoms with Gasteiger partial charge in [-0.15, -0.1) is 0 Å². The summed E-state index contributed by atoms with van der Waals surface area (Å²) in [6.45, 7) is 6.39. The van der Waals surface area contributed by atoms with Gasteiger partial charge in [0, 0.05) is 28.1 Å². The number of allylic oxidation sites excluding steroid dienone is 1. The van der Waals surface area contributed by atoms with Crippen molar-refractivity contribution in [2.24, 2.45) is 0 Å². The molecule has 30 heavy (non-hydrogen) atoms. The van der Waals surface area contributed by atoms with Crippen LogP contribution in [0, 0.1) is 0 Å². The van der Waals surface area contributed by atoms with Crippen molar-refractivity contribution in [3.8, 4) is 0 Å². The van der Waals surface area contributed by atoms with E-state index in [9.17, 15) is 0 Å². The van der Waals surface area contributed by atoms with Crippen molar-refractivity contribution in [3.05, 3.63) is 72.4 Å². The van der Waals surface area contributed by atoms with E-state index in [1.165, 1.54) is 86.6 Å². The highest BCUT2D eigenvalue weighted by atomic mass is 15.0. The maximum absolute atomic E-state index is 4.27. The van der Waals surface area contributed by atoms with Crippen LogP contribution in [0.3, 0.4) is 0 Å². The molecule has 0 unspecified atom stereocenters. The zero-order valence-electron chi connectivity index (χ0n) is 17.6. The minimum atomic E-state index is 0.555. The average molecular weight is 390 g/mol. The topological polar surface area (TPSA) is 4.93 Å². The van der Waals surface area contributed by atoms with Gasteiger partial charge < -0.3 is 4.57 Å². The van der Waals surface area contributed by atoms with Crippen LogP contribution in [-0.4, -0.2) is 4.57 Å². The summed E-state index contributed by atoms with van der Waals surface area (Å²) < 4.78 is 2.65. The maximum Gasteiger partial charge on any atom is 0.0580 e. The van der Waals surface area contributed by atoms with Gasteiger partial charge in [-0.3, -0.25) is 0 Å². The van der Waals surface area contributed by atoms with Crippen molar-refractivity contribution in [3.63, 3.8) is 0 Å². The Hall–Kier alpha value is -3.06. The van der Waals surface area contributed by atoms with Gasteiger partial charge in [0.1, 0.15) is 0 Å². The Balaban J connectivity index is 1.93.